The molecule has 0 bridgehead atoms. The lowest BCUT2D eigenvalue weighted by Gasteiger charge is -2.13. The van der Waals surface area contributed by atoms with Gasteiger partial charge < -0.3 is 15.5 Å². The lowest BCUT2D eigenvalue weighted by molar-refractivity contribution is 0.102. The molecule has 0 fully saturated rings. The minimum Gasteiger partial charge on any atom is -0.322 e. The topological polar surface area (TPSA) is 61.4 Å². The van der Waals surface area contributed by atoms with Crippen molar-refractivity contribution in [2.45, 2.75) is 12.8 Å². The van der Waals surface area contributed by atoms with E-state index in [4.69, 9.17) is 11.6 Å². The van der Waals surface area contributed by atoms with Gasteiger partial charge in [0.1, 0.15) is 0 Å². The van der Waals surface area contributed by atoms with Crippen LogP contribution in [0.5, 0.6) is 0 Å². The van der Waals surface area contributed by atoms with E-state index in [1.54, 1.807) is 48.5 Å². The molecular weight excluding hydrogens is 410 g/mol. The third kappa shape index (κ3) is 5.13. The van der Waals surface area contributed by atoms with Crippen LogP contribution in [0.25, 0.3) is 0 Å². The van der Waals surface area contributed by atoms with Gasteiger partial charge in [-0.2, -0.15) is 0 Å². The van der Waals surface area contributed by atoms with Gasteiger partial charge in [-0.1, -0.05) is 29.8 Å². The van der Waals surface area contributed by atoms with E-state index >= 15 is 0 Å². The number of amides is 2. The monoisotopic (exact) mass is 433 g/mol. The van der Waals surface area contributed by atoms with Crippen LogP contribution in [0.4, 0.5) is 11.4 Å². The first-order valence-corrected chi connectivity index (χ1v) is 10.6. The molecule has 2 amide bonds. The van der Waals surface area contributed by atoms with Crippen molar-refractivity contribution >= 4 is 34.8 Å². The van der Waals surface area contributed by atoms with Gasteiger partial charge in [0.05, 0.1) is 11.3 Å². The Hall–Kier alpha value is -3.15. The van der Waals surface area contributed by atoms with Crippen molar-refractivity contribution in [2.75, 3.05) is 30.8 Å². The third-order valence-electron chi connectivity index (χ3n) is 5.52. The number of hydrogen-bond acceptors (Lipinski definition) is 3. The van der Waals surface area contributed by atoms with Crippen LogP contribution in [-0.4, -0.2) is 36.9 Å². The lowest BCUT2D eigenvalue weighted by Crippen LogP contribution is -2.20. The summed E-state index contributed by atoms with van der Waals surface area (Å²) in [6, 6.07) is 19.7. The number of likely N-dealkylation sites (N-methyl/N-ethyl adjacent to an activating group) is 1. The molecule has 6 heteroatoms. The van der Waals surface area contributed by atoms with Gasteiger partial charge in [0.15, 0.2) is 0 Å². The highest BCUT2D eigenvalue weighted by Crippen LogP contribution is 2.21. The van der Waals surface area contributed by atoms with Gasteiger partial charge in [0, 0.05) is 29.4 Å². The average Bonchev–Trinajstić information content (AvgIpc) is 2.96. The Morgan fingerprint density at radius 1 is 0.839 bits per heavy atom. The van der Waals surface area contributed by atoms with Gasteiger partial charge in [-0.05, 0) is 79.5 Å². The molecule has 5 nitrogen and oxygen atoms in total. The molecule has 4 rings (SSSR count). The highest BCUT2D eigenvalue weighted by atomic mass is 35.5. The number of nitrogens with one attached hydrogen (secondary N) is 2. The fourth-order valence-electron chi connectivity index (χ4n) is 3.69. The molecule has 0 unspecified atom stereocenters. The second kappa shape index (κ2) is 9.33. The van der Waals surface area contributed by atoms with Crippen molar-refractivity contribution in [1.29, 1.82) is 0 Å². The number of nitrogens with zero attached hydrogens (tertiary/aromatic N) is 1. The van der Waals surface area contributed by atoms with E-state index in [1.807, 2.05) is 18.2 Å². The van der Waals surface area contributed by atoms with Gasteiger partial charge >= 0.3 is 0 Å². The summed E-state index contributed by atoms with van der Waals surface area (Å²) in [5.41, 5.74) is 4.59. The summed E-state index contributed by atoms with van der Waals surface area (Å²) in [7, 11) is 2.12. The normalized spacial score (nSPS) is 13.7. The standard InChI is InChI=1S/C25H24ClN3O2/c1-29-14-12-17-6-7-19(16-18(17)13-15-29)24(30)28-23-5-3-2-4-22(23)25(31)27-21-10-8-20(26)9-11-21/h2-11,16H,12-15H2,1H3,(H,27,31)(H,28,30). The molecule has 0 saturated carbocycles. The van der Waals surface area contributed by atoms with E-state index in [1.165, 1.54) is 11.1 Å². The minimum atomic E-state index is -0.303. The van der Waals surface area contributed by atoms with Gasteiger partial charge in [0.2, 0.25) is 0 Å². The van der Waals surface area contributed by atoms with Crippen molar-refractivity contribution < 1.29 is 9.59 Å². The molecular formula is C25H24ClN3O2. The SMILES string of the molecule is CN1CCc2ccc(C(=O)Nc3ccccc3C(=O)Nc3ccc(Cl)cc3)cc2CC1. The van der Waals surface area contributed by atoms with Crippen LogP contribution in [-0.2, 0) is 12.8 Å². The number of halogens is 1. The van der Waals surface area contributed by atoms with Crippen LogP contribution >= 0.6 is 11.6 Å². The van der Waals surface area contributed by atoms with E-state index in [2.05, 4.69) is 22.6 Å². The molecule has 0 radical (unpaired) electrons. The Morgan fingerprint density at radius 3 is 2.32 bits per heavy atom. The zero-order chi connectivity index (χ0) is 21.8. The van der Waals surface area contributed by atoms with Gasteiger partial charge in [0.25, 0.3) is 11.8 Å². The lowest BCUT2D eigenvalue weighted by atomic mass is 9.99. The molecule has 0 aromatic heterocycles. The van der Waals surface area contributed by atoms with Crippen LogP contribution in [0.15, 0.2) is 66.7 Å². The first kappa shape index (κ1) is 21.1. The number of benzene rings is 3. The maximum absolute atomic E-state index is 13.0. The summed E-state index contributed by atoms with van der Waals surface area (Å²) in [4.78, 5) is 28.1. The van der Waals surface area contributed by atoms with E-state index < -0.39 is 0 Å². The Morgan fingerprint density at radius 2 is 1.55 bits per heavy atom. The molecule has 3 aromatic rings. The van der Waals surface area contributed by atoms with E-state index in [0.29, 0.717) is 27.5 Å². The van der Waals surface area contributed by atoms with E-state index in [0.717, 1.165) is 25.9 Å². The van der Waals surface area contributed by atoms with Crippen molar-refractivity contribution in [3.8, 4) is 0 Å². The smallest absolute Gasteiger partial charge is 0.257 e. The van der Waals surface area contributed by atoms with Crippen LogP contribution in [0, 0.1) is 0 Å². The number of anilines is 2. The summed E-state index contributed by atoms with van der Waals surface area (Å²) in [5, 5.41) is 6.34. The minimum absolute atomic E-state index is 0.229. The molecule has 31 heavy (non-hydrogen) atoms. The van der Waals surface area contributed by atoms with Crippen molar-refractivity contribution in [2.24, 2.45) is 0 Å². The van der Waals surface area contributed by atoms with E-state index in [-0.39, 0.29) is 11.8 Å². The van der Waals surface area contributed by atoms with Crippen LogP contribution in [0.2, 0.25) is 5.02 Å². The Kier molecular flexibility index (Phi) is 6.35. The Bertz CT molecular complexity index is 1110. The van der Waals surface area contributed by atoms with Crippen LogP contribution < -0.4 is 10.6 Å². The van der Waals surface area contributed by atoms with Crippen molar-refractivity contribution in [3.05, 3.63) is 94.0 Å². The zero-order valence-corrected chi connectivity index (χ0v) is 18.1. The number of fused-ring (bicyclic) bond motifs is 1. The van der Waals surface area contributed by atoms with Gasteiger partial charge in [-0.25, -0.2) is 0 Å². The molecule has 0 aliphatic carbocycles. The Labute approximate surface area is 187 Å². The van der Waals surface area contributed by atoms with Crippen LogP contribution in [0.1, 0.15) is 31.8 Å². The number of carbonyl (C=O) groups is 2. The summed E-state index contributed by atoms with van der Waals surface area (Å²) < 4.78 is 0. The third-order valence-corrected chi connectivity index (χ3v) is 5.77. The maximum atomic E-state index is 13.0. The molecule has 2 N–H and O–H groups in total. The van der Waals surface area contributed by atoms with Gasteiger partial charge in [-0.15, -0.1) is 0 Å². The second-order valence-corrected chi connectivity index (χ2v) is 8.18. The molecule has 0 saturated heterocycles. The maximum Gasteiger partial charge on any atom is 0.257 e. The quantitative estimate of drug-likeness (QED) is 0.616. The molecule has 158 valence electrons. The molecule has 1 aliphatic heterocycles. The number of hydrogen-bond donors (Lipinski definition) is 2. The first-order chi connectivity index (χ1) is 15.0. The first-order valence-electron chi connectivity index (χ1n) is 10.3. The summed E-state index contributed by atoms with van der Waals surface area (Å²) in [6.07, 6.45) is 1.91. The number of rotatable bonds is 4. The molecule has 3 aromatic carbocycles. The summed E-state index contributed by atoms with van der Waals surface area (Å²) in [6.45, 7) is 2.00. The van der Waals surface area contributed by atoms with Gasteiger partial charge in [-0.3, -0.25) is 9.59 Å². The number of para-hydroxylation sites is 1. The summed E-state index contributed by atoms with van der Waals surface area (Å²) in [5.74, 6) is -0.532. The highest BCUT2D eigenvalue weighted by Gasteiger charge is 2.17. The molecule has 0 atom stereocenters. The fourth-order valence-corrected chi connectivity index (χ4v) is 3.82. The predicted octanol–water partition coefficient (Wildman–Crippen LogP) is 4.88. The summed E-state index contributed by atoms with van der Waals surface area (Å²) >= 11 is 5.90. The Balaban J connectivity index is 1.51. The fraction of sp³-hybridized carbons (Fsp3) is 0.200. The molecule has 1 aliphatic rings. The number of carbonyl (C=O) groups excluding carboxylic acids is 2. The molecule has 0 spiro atoms. The molecule has 1 heterocycles. The van der Waals surface area contributed by atoms with E-state index in [9.17, 15) is 9.59 Å². The highest BCUT2D eigenvalue weighted by molar-refractivity contribution is 6.30. The zero-order valence-electron chi connectivity index (χ0n) is 17.3. The average molecular weight is 434 g/mol. The predicted molar refractivity (Wildman–Crippen MR) is 125 cm³/mol. The van der Waals surface area contributed by atoms with Crippen molar-refractivity contribution in [1.82, 2.24) is 4.90 Å². The van der Waals surface area contributed by atoms with Crippen LogP contribution in [0.3, 0.4) is 0 Å². The van der Waals surface area contributed by atoms with Crippen molar-refractivity contribution in [3.63, 3.8) is 0 Å². The second-order valence-electron chi connectivity index (χ2n) is 7.75. The largest absolute Gasteiger partial charge is 0.322 e.